The highest BCUT2D eigenvalue weighted by molar-refractivity contribution is 5.97. The second-order valence-electron chi connectivity index (χ2n) is 6.73. The monoisotopic (exact) mass is 338 g/mol. The zero-order valence-electron chi connectivity index (χ0n) is 13.7. The summed E-state index contributed by atoms with van der Waals surface area (Å²) in [6, 6.07) is 11.9. The van der Waals surface area contributed by atoms with Crippen LogP contribution in [0.3, 0.4) is 0 Å². The third-order valence-corrected chi connectivity index (χ3v) is 4.96. The Labute approximate surface area is 144 Å². The van der Waals surface area contributed by atoms with Gasteiger partial charge in [0.1, 0.15) is 5.82 Å². The Morgan fingerprint density at radius 1 is 1.20 bits per heavy atom. The number of aromatic nitrogens is 1. The van der Waals surface area contributed by atoms with Gasteiger partial charge in [0.25, 0.3) is 5.91 Å². The van der Waals surface area contributed by atoms with E-state index in [9.17, 15) is 14.3 Å². The van der Waals surface area contributed by atoms with E-state index in [-0.39, 0.29) is 11.7 Å². The number of hydrogen-bond donors (Lipinski definition) is 3. The number of benzene rings is 2. The predicted molar refractivity (Wildman–Crippen MR) is 94.8 cm³/mol. The number of halogens is 1. The smallest absolute Gasteiger partial charge is 0.251 e. The fourth-order valence-corrected chi connectivity index (χ4v) is 3.25. The van der Waals surface area contributed by atoms with Gasteiger partial charge in [0, 0.05) is 34.8 Å². The summed E-state index contributed by atoms with van der Waals surface area (Å²) in [6.45, 7) is 0.293. The molecule has 4 nitrogen and oxygen atoms in total. The Hall–Kier alpha value is -2.66. The molecule has 0 aliphatic heterocycles. The lowest BCUT2D eigenvalue weighted by Gasteiger charge is -2.36. The van der Waals surface area contributed by atoms with Gasteiger partial charge in [0.15, 0.2) is 0 Å². The molecule has 128 valence electrons. The topological polar surface area (TPSA) is 65.1 Å². The number of aromatic amines is 1. The van der Waals surface area contributed by atoms with Gasteiger partial charge in [0.2, 0.25) is 0 Å². The van der Waals surface area contributed by atoms with Crippen LogP contribution < -0.4 is 5.32 Å². The van der Waals surface area contributed by atoms with Crippen molar-refractivity contribution in [3.8, 4) is 11.1 Å². The van der Waals surface area contributed by atoms with Crippen molar-refractivity contribution in [2.24, 2.45) is 0 Å². The molecule has 0 atom stereocenters. The summed E-state index contributed by atoms with van der Waals surface area (Å²) in [5.74, 6) is -0.464. The standard InChI is InChI=1S/C20H19FN2O2/c21-15-6-7-16-17(11-22-18(16)10-15)13-2-4-14(5-3-13)19(24)23-12-20(25)8-1-9-20/h2-7,10-11,22,25H,1,8-9,12H2,(H,23,24). The average molecular weight is 338 g/mol. The minimum Gasteiger partial charge on any atom is -0.388 e. The molecular formula is C20H19FN2O2. The first-order valence-corrected chi connectivity index (χ1v) is 8.42. The first-order valence-electron chi connectivity index (χ1n) is 8.42. The predicted octanol–water partition coefficient (Wildman–Crippen LogP) is 3.62. The number of aliphatic hydroxyl groups is 1. The number of hydrogen-bond acceptors (Lipinski definition) is 2. The molecule has 0 bridgehead atoms. The van der Waals surface area contributed by atoms with Crippen LogP contribution >= 0.6 is 0 Å². The molecule has 1 fully saturated rings. The van der Waals surface area contributed by atoms with Crippen LogP contribution in [0.2, 0.25) is 0 Å². The fraction of sp³-hybridized carbons (Fsp3) is 0.250. The maximum Gasteiger partial charge on any atom is 0.251 e. The van der Waals surface area contributed by atoms with Crippen LogP contribution in [0.1, 0.15) is 29.6 Å². The van der Waals surface area contributed by atoms with Crippen LogP contribution in [0.5, 0.6) is 0 Å². The molecule has 1 aromatic heterocycles. The fourth-order valence-electron chi connectivity index (χ4n) is 3.25. The van der Waals surface area contributed by atoms with Gasteiger partial charge in [0.05, 0.1) is 5.60 Å². The second-order valence-corrected chi connectivity index (χ2v) is 6.73. The SMILES string of the molecule is O=C(NCC1(O)CCC1)c1ccc(-c2c[nH]c3cc(F)ccc23)cc1. The highest BCUT2D eigenvalue weighted by Crippen LogP contribution is 2.31. The summed E-state index contributed by atoms with van der Waals surface area (Å²) >= 11 is 0. The van der Waals surface area contributed by atoms with Gasteiger partial charge < -0.3 is 15.4 Å². The molecule has 0 radical (unpaired) electrons. The maximum atomic E-state index is 13.3. The first kappa shape index (κ1) is 15.8. The molecule has 1 aliphatic rings. The molecule has 4 rings (SSSR count). The molecule has 1 heterocycles. The van der Waals surface area contributed by atoms with E-state index in [2.05, 4.69) is 10.3 Å². The van der Waals surface area contributed by atoms with E-state index in [1.807, 2.05) is 18.3 Å². The van der Waals surface area contributed by atoms with E-state index in [1.54, 1.807) is 18.2 Å². The number of fused-ring (bicyclic) bond motifs is 1. The number of carbonyl (C=O) groups excluding carboxylic acids is 1. The Bertz CT molecular complexity index is 927. The van der Waals surface area contributed by atoms with Crippen LogP contribution in [0.25, 0.3) is 22.0 Å². The van der Waals surface area contributed by atoms with Crippen LogP contribution in [0, 0.1) is 5.82 Å². The third kappa shape index (κ3) is 3.03. The lowest BCUT2D eigenvalue weighted by atomic mass is 9.80. The van der Waals surface area contributed by atoms with E-state index in [0.29, 0.717) is 12.1 Å². The van der Waals surface area contributed by atoms with Gasteiger partial charge in [-0.15, -0.1) is 0 Å². The molecule has 1 aliphatic carbocycles. The Morgan fingerprint density at radius 3 is 2.64 bits per heavy atom. The van der Waals surface area contributed by atoms with Gasteiger partial charge in [-0.3, -0.25) is 4.79 Å². The zero-order valence-corrected chi connectivity index (χ0v) is 13.7. The van der Waals surface area contributed by atoms with Crippen LogP contribution in [-0.2, 0) is 0 Å². The van der Waals surface area contributed by atoms with Crippen molar-refractivity contribution < 1.29 is 14.3 Å². The van der Waals surface area contributed by atoms with Crippen molar-refractivity contribution in [3.05, 3.63) is 60.0 Å². The first-order chi connectivity index (χ1) is 12.0. The molecular weight excluding hydrogens is 319 g/mol. The molecule has 5 heteroatoms. The van der Waals surface area contributed by atoms with Crippen molar-refractivity contribution in [1.29, 1.82) is 0 Å². The van der Waals surface area contributed by atoms with Gasteiger partial charge in [-0.1, -0.05) is 12.1 Å². The number of amides is 1. The number of nitrogens with one attached hydrogen (secondary N) is 2. The number of H-pyrrole nitrogens is 1. The van der Waals surface area contributed by atoms with Crippen molar-refractivity contribution in [1.82, 2.24) is 10.3 Å². The Kier molecular flexibility index (Phi) is 3.81. The molecule has 3 aromatic rings. The van der Waals surface area contributed by atoms with Gasteiger partial charge in [-0.2, -0.15) is 0 Å². The van der Waals surface area contributed by atoms with Crippen molar-refractivity contribution in [2.45, 2.75) is 24.9 Å². The summed E-state index contributed by atoms with van der Waals surface area (Å²) in [7, 11) is 0. The maximum absolute atomic E-state index is 13.3. The van der Waals surface area contributed by atoms with Gasteiger partial charge in [-0.25, -0.2) is 4.39 Å². The van der Waals surface area contributed by atoms with E-state index in [1.165, 1.54) is 12.1 Å². The van der Waals surface area contributed by atoms with Crippen molar-refractivity contribution >= 4 is 16.8 Å². The molecule has 0 saturated heterocycles. The van der Waals surface area contributed by atoms with E-state index >= 15 is 0 Å². The quantitative estimate of drug-likeness (QED) is 0.680. The largest absolute Gasteiger partial charge is 0.388 e. The van der Waals surface area contributed by atoms with E-state index < -0.39 is 5.60 Å². The highest BCUT2D eigenvalue weighted by Gasteiger charge is 2.34. The van der Waals surface area contributed by atoms with Crippen LogP contribution in [0.15, 0.2) is 48.7 Å². The molecule has 0 spiro atoms. The summed E-state index contributed by atoms with van der Waals surface area (Å²) in [5.41, 5.74) is 2.48. The minimum atomic E-state index is -0.727. The van der Waals surface area contributed by atoms with Crippen LogP contribution in [0.4, 0.5) is 4.39 Å². The summed E-state index contributed by atoms with van der Waals surface area (Å²) in [4.78, 5) is 15.3. The van der Waals surface area contributed by atoms with E-state index in [0.717, 1.165) is 41.3 Å². The molecule has 0 unspecified atom stereocenters. The van der Waals surface area contributed by atoms with Crippen molar-refractivity contribution in [3.63, 3.8) is 0 Å². The van der Waals surface area contributed by atoms with Gasteiger partial charge >= 0.3 is 0 Å². The third-order valence-electron chi connectivity index (χ3n) is 4.96. The molecule has 1 amide bonds. The number of rotatable bonds is 4. The Morgan fingerprint density at radius 2 is 1.96 bits per heavy atom. The molecule has 25 heavy (non-hydrogen) atoms. The lowest BCUT2D eigenvalue weighted by Crippen LogP contribution is -2.47. The van der Waals surface area contributed by atoms with E-state index in [4.69, 9.17) is 0 Å². The zero-order chi connectivity index (χ0) is 17.4. The summed E-state index contributed by atoms with van der Waals surface area (Å²) in [5, 5.41) is 13.8. The molecule has 3 N–H and O–H groups in total. The Balaban J connectivity index is 1.52. The summed E-state index contributed by atoms with van der Waals surface area (Å²) < 4.78 is 13.3. The summed E-state index contributed by atoms with van der Waals surface area (Å²) in [6.07, 6.45) is 4.33. The number of carbonyl (C=O) groups is 1. The average Bonchev–Trinajstić information content (AvgIpc) is 3.01. The molecule has 2 aromatic carbocycles. The van der Waals surface area contributed by atoms with Gasteiger partial charge in [-0.05, 0) is 55.2 Å². The van der Waals surface area contributed by atoms with Crippen molar-refractivity contribution in [2.75, 3.05) is 6.54 Å². The minimum absolute atomic E-state index is 0.187. The highest BCUT2D eigenvalue weighted by atomic mass is 19.1. The normalized spacial score (nSPS) is 15.8. The lowest BCUT2D eigenvalue weighted by molar-refractivity contribution is -0.0300. The second kappa shape index (κ2) is 6.01. The molecule has 1 saturated carbocycles. The van der Waals surface area contributed by atoms with Crippen LogP contribution in [-0.4, -0.2) is 28.1 Å².